The van der Waals surface area contributed by atoms with Crippen molar-refractivity contribution < 1.29 is 9.72 Å². The molecule has 0 aliphatic heterocycles. The number of nitro groups is 1. The van der Waals surface area contributed by atoms with Crippen molar-refractivity contribution in [1.82, 2.24) is 20.1 Å². The molecule has 0 unspecified atom stereocenters. The van der Waals surface area contributed by atoms with Gasteiger partial charge in [0.1, 0.15) is 0 Å². The first-order valence-electron chi connectivity index (χ1n) is 10.1. The number of amides is 1. The van der Waals surface area contributed by atoms with Crippen molar-refractivity contribution in [2.45, 2.75) is 19.9 Å². The highest BCUT2D eigenvalue weighted by Gasteiger charge is 2.18. The second kappa shape index (κ2) is 9.15. The molecule has 0 aliphatic carbocycles. The van der Waals surface area contributed by atoms with Crippen LogP contribution in [0.25, 0.3) is 21.6 Å². The van der Waals surface area contributed by atoms with Gasteiger partial charge in [0.05, 0.1) is 32.6 Å². The maximum Gasteiger partial charge on any atom is 0.269 e. The van der Waals surface area contributed by atoms with Crippen LogP contribution in [-0.4, -0.2) is 38.7 Å². The van der Waals surface area contributed by atoms with Gasteiger partial charge in [0.2, 0.25) is 0 Å². The fraction of sp³-hybridized carbons (Fsp3) is 0.227. The Labute approximate surface area is 188 Å². The van der Waals surface area contributed by atoms with Crippen LogP contribution in [0.1, 0.15) is 30.2 Å². The number of non-ortho nitro benzene ring substituents is 1. The Morgan fingerprint density at radius 3 is 2.66 bits per heavy atom. The summed E-state index contributed by atoms with van der Waals surface area (Å²) in [7, 11) is 0. The Morgan fingerprint density at radius 2 is 2.00 bits per heavy atom. The molecule has 3 heterocycles. The van der Waals surface area contributed by atoms with Crippen LogP contribution >= 0.6 is 11.3 Å². The Morgan fingerprint density at radius 1 is 1.22 bits per heavy atom. The number of nitrogens with zero attached hydrogens (tertiary/aromatic N) is 4. The largest absolute Gasteiger partial charge is 0.383 e. The van der Waals surface area contributed by atoms with Crippen molar-refractivity contribution in [3.05, 3.63) is 69.7 Å². The molecule has 0 aliphatic rings. The van der Waals surface area contributed by atoms with Crippen LogP contribution in [0.5, 0.6) is 0 Å². The van der Waals surface area contributed by atoms with E-state index in [2.05, 4.69) is 15.7 Å². The molecule has 10 heteroatoms. The molecular weight excluding hydrogens is 428 g/mol. The Balaban J connectivity index is 1.49. The topological polar surface area (TPSA) is 115 Å². The number of fused-ring (bicyclic) bond motifs is 1. The van der Waals surface area contributed by atoms with Crippen LogP contribution < -0.4 is 10.6 Å². The summed E-state index contributed by atoms with van der Waals surface area (Å²) < 4.78 is 1.82. The normalized spacial score (nSPS) is 11.1. The van der Waals surface area contributed by atoms with Gasteiger partial charge in [-0.15, -0.1) is 11.3 Å². The van der Waals surface area contributed by atoms with Gasteiger partial charge in [0.15, 0.2) is 5.65 Å². The van der Waals surface area contributed by atoms with Gasteiger partial charge in [0.25, 0.3) is 11.6 Å². The van der Waals surface area contributed by atoms with E-state index in [0.717, 1.165) is 16.3 Å². The summed E-state index contributed by atoms with van der Waals surface area (Å²) in [5.41, 5.74) is 2.73. The van der Waals surface area contributed by atoms with Gasteiger partial charge < -0.3 is 10.6 Å². The van der Waals surface area contributed by atoms with Crippen molar-refractivity contribution in [3.8, 4) is 10.6 Å². The zero-order valence-electron chi connectivity index (χ0n) is 17.6. The maximum absolute atomic E-state index is 13.0. The summed E-state index contributed by atoms with van der Waals surface area (Å²) in [5, 5.41) is 23.9. The van der Waals surface area contributed by atoms with Crippen molar-refractivity contribution in [2.24, 2.45) is 0 Å². The summed E-state index contributed by atoms with van der Waals surface area (Å²) in [6, 6.07) is 12.0. The molecule has 0 spiro atoms. The van der Waals surface area contributed by atoms with E-state index < -0.39 is 4.92 Å². The smallest absolute Gasteiger partial charge is 0.269 e. The van der Waals surface area contributed by atoms with Crippen LogP contribution in [0.4, 0.5) is 11.4 Å². The van der Waals surface area contributed by atoms with E-state index >= 15 is 0 Å². The number of nitrogens with one attached hydrogen (secondary N) is 2. The molecule has 0 saturated heterocycles. The first-order chi connectivity index (χ1) is 15.4. The molecule has 4 aromatic rings. The monoisotopic (exact) mass is 450 g/mol. The lowest BCUT2D eigenvalue weighted by Crippen LogP contribution is -2.29. The Hall–Kier alpha value is -3.79. The van der Waals surface area contributed by atoms with Crippen LogP contribution in [0, 0.1) is 10.1 Å². The second-order valence-electron chi connectivity index (χ2n) is 7.44. The van der Waals surface area contributed by atoms with Gasteiger partial charge in [-0.3, -0.25) is 14.9 Å². The third kappa shape index (κ3) is 4.45. The molecule has 0 saturated carbocycles. The number of anilines is 1. The van der Waals surface area contributed by atoms with Gasteiger partial charge in [-0.25, -0.2) is 9.67 Å². The number of thiophene rings is 1. The molecule has 0 radical (unpaired) electrons. The first kappa shape index (κ1) is 21.4. The molecule has 3 aromatic heterocycles. The van der Waals surface area contributed by atoms with E-state index in [-0.39, 0.29) is 17.6 Å². The van der Waals surface area contributed by atoms with Crippen molar-refractivity contribution in [3.63, 3.8) is 0 Å². The molecule has 0 fully saturated rings. The van der Waals surface area contributed by atoms with Crippen LogP contribution in [0.15, 0.2) is 54.0 Å². The predicted molar refractivity (Wildman–Crippen MR) is 125 cm³/mol. The highest BCUT2D eigenvalue weighted by molar-refractivity contribution is 7.13. The lowest BCUT2D eigenvalue weighted by atomic mass is 10.1. The number of hydrogen-bond donors (Lipinski definition) is 2. The van der Waals surface area contributed by atoms with E-state index in [1.165, 1.54) is 12.1 Å². The number of benzene rings is 1. The minimum absolute atomic E-state index is 0.0362. The van der Waals surface area contributed by atoms with E-state index in [9.17, 15) is 14.9 Å². The molecule has 1 amide bonds. The van der Waals surface area contributed by atoms with Crippen molar-refractivity contribution in [2.75, 3.05) is 18.4 Å². The molecule has 1 aromatic carbocycles. The summed E-state index contributed by atoms with van der Waals surface area (Å²) in [6.45, 7) is 4.90. The lowest BCUT2D eigenvalue weighted by molar-refractivity contribution is -0.384. The number of rotatable bonds is 8. The van der Waals surface area contributed by atoms with Gasteiger partial charge in [-0.2, -0.15) is 5.10 Å². The molecule has 4 rings (SSSR count). The average Bonchev–Trinajstić information content (AvgIpc) is 3.46. The van der Waals surface area contributed by atoms with Crippen molar-refractivity contribution in [1.29, 1.82) is 0 Å². The summed E-state index contributed by atoms with van der Waals surface area (Å²) >= 11 is 1.57. The fourth-order valence-electron chi connectivity index (χ4n) is 3.31. The molecule has 164 valence electrons. The third-order valence-corrected chi connectivity index (χ3v) is 5.78. The Kier molecular flexibility index (Phi) is 6.13. The summed E-state index contributed by atoms with van der Waals surface area (Å²) in [5.74, 6) is -0.205. The van der Waals surface area contributed by atoms with Gasteiger partial charge in [0, 0.05) is 37.0 Å². The van der Waals surface area contributed by atoms with E-state index in [1.54, 1.807) is 35.7 Å². The standard InChI is InChI=1S/C22H22N6O3S/c1-14(2)27-21-18(13-25-27)17(12-19(26-21)20-4-3-11-32-20)22(29)24-10-9-23-15-5-7-16(8-6-15)28(30)31/h3-8,11-14,23H,9-10H2,1-2H3,(H,24,29). The third-order valence-electron chi connectivity index (χ3n) is 4.89. The number of carbonyl (C=O) groups is 1. The van der Waals surface area contributed by atoms with Crippen LogP contribution in [-0.2, 0) is 0 Å². The van der Waals surface area contributed by atoms with Crippen LogP contribution in [0.2, 0.25) is 0 Å². The number of nitro benzene ring substituents is 1. The SMILES string of the molecule is CC(C)n1ncc2c(C(=O)NCCNc3ccc([N+](=O)[O-])cc3)cc(-c3cccs3)nc21. The minimum atomic E-state index is -0.439. The number of carbonyl (C=O) groups excluding carboxylic acids is 1. The highest BCUT2D eigenvalue weighted by Crippen LogP contribution is 2.28. The fourth-order valence-corrected chi connectivity index (χ4v) is 4.00. The zero-order chi connectivity index (χ0) is 22.7. The quantitative estimate of drug-likeness (QED) is 0.232. The number of pyridine rings is 1. The van der Waals surface area contributed by atoms with E-state index in [4.69, 9.17) is 4.98 Å². The van der Waals surface area contributed by atoms with Gasteiger partial charge in [-0.1, -0.05) is 6.07 Å². The van der Waals surface area contributed by atoms with Crippen LogP contribution in [0.3, 0.4) is 0 Å². The zero-order valence-corrected chi connectivity index (χ0v) is 18.4. The van der Waals surface area contributed by atoms with Gasteiger partial charge in [-0.05, 0) is 43.5 Å². The second-order valence-corrected chi connectivity index (χ2v) is 8.39. The lowest BCUT2D eigenvalue weighted by Gasteiger charge is -2.11. The summed E-state index contributed by atoms with van der Waals surface area (Å²) in [4.78, 5) is 29.1. The van der Waals surface area contributed by atoms with E-state index in [0.29, 0.717) is 29.7 Å². The number of aromatic nitrogens is 3. The number of hydrogen-bond acceptors (Lipinski definition) is 7. The molecule has 2 N–H and O–H groups in total. The first-order valence-corrected chi connectivity index (χ1v) is 11.0. The molecule has 32 heavy (non-hydrogen) atoms. The maximum atomic E-state index is 13.0. The molecule has 0 atom stereocenters. The molecular formula is C22H22N6O3S. The minimum Gasteiger partial charge on any atom is -0.383 e. The van der Waals surface area contributed by atoms with Gasteiger partial charge >= 0.3 is 0 Å². The van der Waals surface area contributed by atoms with E-state index in [1.807, 2.05) is 36.0 Å². The Bertz CT molecular complexity index is 1250. The molecule has 9 nitrogen and oxygen atoms in total. The summed E-state index contributed by atoms with van der Waals surface area (Å²) in [6.07, 6.45) is 1.69. The predicted octanol–water partition coefficient (Wildman–Crippen LogP) is 4.49. The van der Waals surface area contributed by atoms with Crippen molar-refractivity contribution >= 4 is 39.7 Å². The molecule has 0 bridgehead atoms. The average molecular weight is 451 g/mol. The highest BCUT2D eigenvalue weighted by atomic mass is 32.1.